The fourth-order valence-corrected chi connectivity index (χ4v) is 3.46. The van der Waals surface area contributed by atoms with Gasteiger partial charge in [-0.2, -0.15) is 0 Å². The molecule has 6 nitrogen and oxygen atoms in total. The van der Waals surface area contributed by atoms with Gasteiger partial charge in [-0.05, 0) is 63.1 Å². The first-order chi connectivity index (χ1) is 13.8. The zero-order valence-electron chi connectivity index (χ0n) is 18.5. The first-order valence-corrected chi connectivity index (χ1v) is 10.5. The maximum Gasteiger partial charge on any atom is 0.162 e. The summed E-state index contributed by atoms with van der Waals surface area (Å²) in [5.41, 5.74) is 4.64. The van der Waals surface area contributed by atoms with Gasteiger partial charge in [-0.3, -0.25) is 0 Å². The second kappa shape index (κ2) is 9.63. The summed E-state index contributed by atoms with van der Waals surface area (Å²) in [5.74, 6) is 0.473. The third-order valence-corrected chi connectivity index (χ3v) is 5.13. The van der Waals surface area contributed by atoms with E-state index < -0.39 is 0 Å². The van der Waals surface area contributed by atoms with Crippen LogP contribution in [0.3, 0.4) is 0 Å². The molecular formula is C23H36N4O2. The minimum absolute atomic E-state index is 0.237. The Morgan fingerprint density at radius 1 is 0.586 bits per heavy atom. The molecule has 0 bridgehead atoms. The number of benzene rings is 2. The van der Waals surface area contributed by atoms with E-state index in [9.17, 15) is 10.2 Å². The van der Waals surface area contributed by atoms with Crippen LogP contribution < -0.4 is 21.3 Å². The van der Waals surface area contributed by atoms with Crippen molar-refractivity contribution in [3.05, 3.63) is 35.4 Å². The first kappa shape index (κ1) is 22.5. The van der Waals surface area contributed by atoms with Gasteiger partial charge in [0.2, 0.25) is 0 Å². The van der Waals surface area contributed by atoms with Crippen molar-refractivity contribution < 1.29 is 10.2 Å². The van der Waals surface area contributed by atoms with E-state index in [4.69, 9.17) is 0 Å². The average molecular weight is 401 g/mol. The lowest BCUT2D eigenvalue weighted by Gasteiger charge is -2.29. The lowest BCUT2D eigenvalue weighted by Crippen LogP contribution is -2.20. The third kappa shape index (κ3) is 4.81. The quantitative estimate of drug-likeness (QED) is 0.309. The molecule has 0 aliphatic rings. The highest BCUT2D eigenvalue weighted by atomic mass is 16.3. The van der Waals surface area contributed by atoms with Crippen LogP contribution in [0.4, 0.5) is 22.7 Å². The van der Waals surface area contributed by atoms with Gasteiger partial charge in [0.1, 0.15) is 0 Å². The summed E-state index contributed by atoms with van der Waals surface area (Å²) >= 11 is 0. The number of hydrogen-bond acceptors (Lipinski definition) is 6. The Morgan fingerprint density at radius 2 is 0.828 bits per heavy atom. The predicted octanol–water partition coefficient (Wildman–Crippen LogP) is 5.15. The molecular weight excluding hydrogens is 364 g/mol. The molecule has 2 rings (SSSR count). The van der Waals surface area contributed by atoms with Gasteiger partial charge in [-0.15, -0.1) is 0 Å². The van der Waals surface area contributed by atoms with Crippen LogP contribution in [0.25, 0.3) is 0 Å². The van der Waals surface area contributed by atoms with Crippen molar-refractivity contribution in [1.29, 1.82) is 0 Å². The van der Waals surface area contributed by atoms with Crippen LogP contribution in [0.5, 0.6) is 11.5 Å². The van der Waals surface area contributed by atoms with Crippen LogP contribution in [0.2, 0.25) is 0 Å². The van der Waals surface area contributed by atoms with E-state index in [-0.39, 0.29) is 16.9 Å². The molecule has 0 unspecified atom stereocenters. The summed E-state index contributed by atoms with van der Waals surface area (Å²) in [7, 11) is 0. The smallest absolute Gasteiger partial charge is 0.162 e. The summed E-state index contributed by atoms with van der Waals surface area (Å²) in [6.45, 7) is 15.2. The van der Waals surface area contributed by atoms with Crippen LogP contribution in [0, 0.1) is 0 Å². The summed E-state index contributed by atoms with van der Waals surface area (Å²) < 4.78 is 0. The highest BCUT2D eigenvalue weighted by Crippen LogP contribution is 2.43. The number of nitrogens with one attached hydrogen (secondary N) is 4. The molecule has 0 aromatic heterocycles. The molecule has 2 aromatic carbocycles. The van der Waals surface area contributed by atoms with E-state index >= 15 is 0 Å². The van der Waals surface area contributed by atoms with Crippen LogP contribution in [-0.4, -0.2) is 36.4 Å². The van der Waals surface area contributed by atoms with Crippen LogP contribution in [0.15, 0.2) is 24.3 Å². The number of aromatic hydroxyl groups is 2. The Balaban J connectivity index is 2.64. The van der Waals surface area contributed by atoms with E-state index in [1.165, 1.54) is 0 Å². The van der Waals surface area contributed by atoms with E-state index in [1.807, 2.05) is 52.0 Å². The van der Waals surface area contributed by atoms with E-state index in [0.717, 1.165) is 37.3 Å². The van der Waals surface area contributed by atoms with Crippen LogP contribution in [0.1, 0.15) is 52.7 Å². The van der Waals surface area contributed by atoms with Crippen molar-refractivity contribution in [1.82, 2.24) is 0 Å². The third-order valence-electron chi connectivity index (χ3n) is 5.13. The fraction of sp³-hybridized carbons (Fsp3) is 0.478. The average Bonchev–Trinajstić information content (AvgIpc) is 2.68. The number of hydrogen-bond donors (Lipinski definition) is 6. The van der Waals surface area contributed by atoms with Crippen molar-refractivity contribution in [3.8, 4) is 11.5 Å². The molecule has 0 aliphatic heterocycles. The van der Waals surface area contributed by atoms with Crippen molar-refractivity contribution >= 4 is 22.7 Å². The standard InChI is InChI=1S/C23H36N4O2/c1-7-24-17-11-15(12-18(21(17)28)25-8-2)23(5,6)16-13-19(26-9-3)22(29)20(14-16)27-10-4/h11-14,24-29H,7-10H2,1-6H3. The molecule has 0 fully saturated rings. The molecule has 29 heavy (non-hydrogen) atoms. The topological polar surface area (TPSA) is 88.6 Å². The second-order valence-electron chi connectivity index (χ2n) is 7.59. The highest BCUT2D eigenvalue weighted by Gasteiger charge is 2.27. The number of rotatable bonds is 10. The fourth-order valence-electron chi connectivity index (χ4n) is 3.46. The molecule has 0 radical (unpaired) electrons. The maximum absolute atomic E-state index is 10.6. The van der Waals surface area contributed by atoms with Gasteiger partial charge >= 0.3 is 0 Å². The van der Waals surface area contributed by atoms with Crippen molar-refractivity contribution in [2.45, 2.75) is 47.0 Å². The molecule has 0 amide bonds. The molecule has 160 valence electrons. The Bertz CT molecular complexity index is 712. The monoisotopic (exact) mass is 400 g/mol. The Hall–Kier alpha value is -2.76. The minimum Gasteiger partial charge on any atom is -0.504 e. The summed E-state index contributed by atoms with van der Waals surface area (Å²) in [6.07, 6.45) is 0. The largest absolute Gasteiger partial charge is 0.504 e. The molecule has 0 saturated carbocycles. The van der Waals surface area contributed by atoms with E-state index in [0.29, 0.717) is 22.7 Å². The number of anilines is 4. The Morgan fingerprint density at radius 3 is 1.03 bits per heavy atom. The Labute approximate surface area is 174 Å². The lowest BCUT2D eigenvalue weighted by atomic mass is 9.77. The highest BCUT2D eigenvalue weighted by molar-refractivity contribution is 5.75. The molecule has 0 spiro atoms. The predicted molar refractivity (Wildman–Crippen MR) is 125 cm³/mol. The van der Waals surface area contributed by atoms with Crippen molar-refractivity contribution in [3.63, 3.8) is 0 Å². The SMILES string of the molecule is CCNc1cc(C(C)(C)c2cc(NCC)c(O)c(NCC)c2)cc(NCC)c1O. The molecule has 6 N–H and O–H groups in total. The number of phenols is 2. The van der Waals surface area contributed by atoms with Gasteiger partial charge in [0.25, 0.3) is 0 Å². The van der Waals surface area contributed by atoms with Gasteiger partial charge in [-0.25, -0.2) is 0 Å². The molecule has 0 saturated heterocycles. The normalized spacial score (nSPS) is 11.2. The lowest BCUT2D eigenvalue weighted by molar-refractivity contribution is 0.478. The van der Waals surface area contributed by atoms with Gasteiger partial charge in [-0.1, -0.05) is 13.8 Å². The zero-order chi connectivity index (χ0) is 21.6. The molecule has 0 atom stereocenters. The van der Waals surface area contributed by atoms with Gasteiger partial charge in [0.15, 0.2) is 11.5 Å². The first-order valence-electron chi connectivity index (χ1n) is 10.5. The van der Waals surface area contributed by atoms with E-state index in [1.54, 1.807) is 0 Å². The summed E-state index contributed by atoms with van der Waals surface area (Å²) in [6, 6.07) is 8.03. The molecule has 0 heterocycles. The minimum atomic E-state index is -0.357. The van der Waals surface area contributed by atoms with Gasteiger partial charge < -0.3 is 31.5 Å². The molecule has 0 aliphatic carbocycles. The Kier molecular flexibility index (Phi) is 7.48. The van der Waals surface area contributed by atoms with Gasteiger partial charge in [0, 0.05) is 31.6 Å². The summed E-state index contributed by atoms with van der Waals surface area (Å²) in [5, 5.41) is 34.2. The van der Waals surface area contributed by atoms with Gasteiger partial charge in [0.05, 0.1) is 22.7 Å². The van der Waals surface area contributed by atoms with Crippen molar-refractivity contribution in [2.24, 2.45) is 0 Å². The zero-order valence-corrected chi connectivity index (χ0v) is 18.5. The van der Waals surface area contributed by atoms with Crippen LogP contribution >= 0.6 is 0 Å². The number of phenolic OH excluding ortho intramolecular Hbond substituents is 2. The second-order valence-corrected chi connectivity index (χ2v) is 7.59. The summed E-state index contributed by atoms with van der Waals surface area (Å²) in [4.78, 5) is 0. The van der Waals surface area contributed by atoms with Crippen LogP contribution in [-0.2, 0) is 5.41 Å². The van der Waals surface area contributed by atoms with E-state index in [2.05, 4.69) is 35.1 Å². The molecule has 6 heteroatoms. The molecule has 2 aromatic rings. The maximum atomic E-state index is 10.6. The van der Waals surface area contributed by atoms with Crippen molar-refractivity contribution in [2.75, 3.05) is 47.4 Å².